The van der Waals surface area contributed by atoms with Crippen LogP contribution in [0.2, 0.25) is 0 Å². The monoisotopic (exact) mass is 275 g/mol. The molecule has 1 aromatic carbocycles. The minimum Gasteiger partial charge on any atom is -0.484 e. The van der Waals surface area contributed by atoms with Crippen molar-refractivity contribution < 1.29 is 14.2 Å². The molecular weight excluding hydrogens is 258 g/mol. The Balaban J connectivity index is 1.91. The van der Waals surface area contributed by atoms with E-state index in [1.807, 2.05) is 37.3 Å². The molecule has 20 heavy (non-hydrogen) atoms. The number of hydrogen-bond acceptors (Lipinski definition) is 5. The van der Waals surface area contributed by atoms with Crippen LogP contribution in [0, 0.1) is 6.92 Å². The summed E-state index contributed by atoms with van der Waals surface area (Å²) in [5.74, 6) is 0.579. The fourth-order valence-electron chi connectivity index (χ4n) is 1.70. The molecule has 6 heteroatoms. The lowest BCUT2D eigenvalue weighted by molar-refractivity contribution is -0.133. The lowest BCUT2D eigenvalue weighted by Gasteiger charge is -2.19. The predicted octanol–water partition coefficient (Wildman–Crippen LogP) is 1.81. The highest BCUT2D eigenvalue weighted by Gasteiger charge is 2.16. The maximum absolute atomic E-state index is 12.1. The van der Waals surface area contributed by atoms with Gasteiger partial charge in [0.05, 0.1) is 6.54 Å². The second-order valence-corrected chi connectivity index (χ2v) is 4.31. The summed E-state index contributed by atoms with van der Waals surface area (Å²) >= 11 is 0. The molecule has 0 atom stereocenters. The lowest BCUT2D eigenvalue weighted by atomic mass is 10.3. The van der Waals surface area contributed by atoms with Crippen LogP contribution < -0.4 is 4.74 Å². The second kappa shape index (κ2) is 6.70. The number of nitrogens with zero attached hydrogens (tertiary/aromatic N) is 3. The number of likely N-dealkylation sites (N-methyl/N-ethyl adjacent to an activating group) is 1. The Hall–Kier alpha value is -2.37. The van der Waals surface area contributed by atoms with Crippen molar-refractivity contribution in [3.63, 3.8) is 0 Å². The number of amides is 1. The Bertz CT molecular complexity index is 554. The minimum atomic E-state index is -0.0984. The van der Waals surface area contributed by atoms with Crippen LogP contribution in [-0.4, -0.2) is 34.3 Å². The first-order valence-corrected chi connectivity index (χ1v) is 6.44. The summed E-state index contributed by atoms with van der Waals surface area (Å²) in [6, 6.07) is 9.25. The summed E-state index contributed by atoms with van der Waals surface area (Å²) in [4.78, 5) is 13.8. The van der Waals surface area contributed by atoms with E-state index in [4.69, 9.17) is 4.74 Å². The molecule has 0 saturated carbocycles. The smallest absolute Gasteiger partial charge is 0.260 e. The van der Waals surface area contributed by atoms with Gasteiger partial charge in [0.15, 0.2) is 6.61 Å². The average Bonchev–Trinajstić information content (AvgIpc) is 2.88. The van der Waals surface area contributed by atoms with Crippen molar-refractivity contribution in [2.75, 3.05) is 13.2 Å². The molecule has 0 aliphatic heterocycles. The van der Waals surface area contributed by atoms with E-state index in [1.165, 1.54) is 0 Å². The third-order valence-corrected chi connectivity index (χ3v) is 2.93. The summed E-state index contributed by atoms with van der Waals surface area (Å²) in [6.45, 7) is 4.65. The van der Waals surface area contributed by atoms with Gasteiger partial charge in [-0.3, -0.25) is 4.79 Å². The summed E-state index contributed by atoms with van der Waals surface area (Å²) in [6.07, 6.45) is 0. The summed E-state index contributed by atoms with van der Waals surface area (Å²) < 4.78 is 10.1. The van der Waals surface area contributed by atoms with Crippen LogP contribution in [0.4, 0.5) is 0 Å². The second-order valence-electron chi connectivity index (χ2n) is 4.31. The molecular formula is C14H17N3O3. The van der Waals surface area contributed by atoms with Crippen LogP contribution in [0.15, 0.2) is 35.0 Å². The first kappa shape index (κ1) is 14.0. The molecule has 1 aromatic heterocycles. The fourth-order valence-corrected chi connectivity index (χ4v) is 1.70. The number of para-hydroxylation sites is 1. The molecule has 0 fully saturated rings. The van der Waals surface area contributed by atoms with E-state index in [1.54, 1.807) is 11.8 Å². The van der Waals surface area contributed by atoms with Crippen molar-refractivity contribution in [3.8, 4) is 5.75 Å². The first-order valence-electron chi connectivity index (χ1n) is 6.44. The molecule has 0 saturated heterocycles. The number of carbonyl (C=O) groups excluding carboxylic acids is 1. The number of ether oxygens (including phenoxy) is 1. The van der Waals surface area contributed by atoms with E-state index in [9.17, 15) is 4.79 Å². The Kier molecular flexibility index (Phi) is 4.70. The van der Waals surface area contributed by atoms with Gasteiger partial charge in [0, 0.05) is 6.54 Å². The van der Waals surface area contributed by atoms with Gasteiger partial charge >= 0.3 is 0 Å². The molecule has 0 N–H and O–H groups in total. The van der Waals surface area contributed by atoms with Gasteiger partial charge in [-0.1, -0.05) is 28.5 Å². The summed E-state index contributed by atoms with van der Waals surface area (Å²) in [7, 11) is 0. The highest BCUT2D eigenvalue weighted by atomic mass is 16.6. The van der Waals surface area contributed by atoms with Crippen LogP contribution >= 0.6 is 0 Å². The highest BCUT2D eigenvalue weighted by molar-refractivity contribution is 5.77. The zero-order chi connectivity index (χ0) is 14.4. The Morgan fingerprint density at radius 1 is 1.30 bits per heavy atom. The molecule has 0 spiro atoms. The van der Waals surface area contributed by atoms with E-state index in [0.29, 0.717) is 30.2 Å². The van der Waals surface area contributed by atoms with Gasteiger partial charge in [-0.25, -0.2) is 4.63 Å². The van der Waals surface area contributed by atoms with Crippen molar-refractivity contribution in [2.24, 2.45) is 0 Å². The Labute approximate surface area is 117 Å². The summed E-state index contributed by atoms with van der Waals surface area (Å²) in [5, 5.41) is 7.48. The number of aromatic nitrogens is 2. The molecule has 2 aromatic rings. The average molecular weight is 275 g/mol. The topological polar surface area (TPSA) is 68.5 Å². The molecule has 0 bridgehead atoms. The van der Waals surface area contributed by atoms with E-state index >= 15 is 0 Å². The van der Waals surface area contributed by atoms with Crippen molar-refractivity contribution in [1.29, 1.82) is 0 Å². The number of hydrogen-bond donors (Lipinski definition) is 0. The molecule has 1 amide bonds. The van der Waals surface area contributed by atoms with Crippen molar-refractivity contribution >= 4 is 5.91 Å². The predicted molar refractivity (Wildman–Crippen MR) is 72.1 cm³/mol. The van der Waals surface area contributed by atoms with Gasteiger partial charge in [-0.2, -0.15) is 0 Å². The Morgan fingerprint density at radius 2 is 2.05 bits per heavy atom. The van der Waals surface area contributed by atoms with Gasteiger partial charge in [-0.15, -0.1) is 0 Å². The molecule has 6 nitrogen and oxygen atoms in total. The van der Waals surface area contributed by atoms with Gasteiger partial charge in [0.2, 0.25) is 0 Å². The number of aryl methyl sites for hydroxylation is 1. The van der Waals surface area contributed by atoms with E-state index < -0.39 is 0 Å². The van der Waals surface area contributed by atoms with Crippen molar-refractivity contribution in [2.45, 2.75) is 20.4 Å². The maximum Gasteiger partial charge on any atom is 0.260 e. The lowest BCUT2D eigenvalue weighted by Crippen LogP contribution is -2.34. The number of rotatable bonds is 6. The third-order valence-electron chi connectivity index (χ3n) is 2.93. The SMILES string of the molecule is CCN(Cc1nonc1C)C(=O)COc1ccccc1. The maximum atomic E-state index is 12.1. The molecule has 0 unspecified atom stereocenters. The van der Waals surface area contributed by atoms with Crippen molar-refractivity contribution in [3.05, 3.63) is 41.7 Å². The van der Waals surface area contributed by atoms with Crippen LogP contribution in [-0.2, 0) is 11.3 Å². The first-order chi connectivity index (χ1) is 9.70. The van der Waals surface area contributed by atoms with E-state index in [2.05, 4.69) is 14.9 Å². The molecule has 2 rings (SSSR count). The van der Waals surface area contributed by atoms with E-state index in [-0.39, 0.29) is 12.5 Å². The van der Waals surface area contributed by atoms with Gasteiger partial charge in [0.25, 0.3) is 5.91 Å². The number of carbonyl (C=O) groups is 1. The molecule has 0 aliphatic carbocycles. The van der Waals surface area contributed by atoms with Gasteiger partial charge in [0.1, 0.15) is 17.1 Å². The zero-order valence-electron chi connectivity index (χ0n) is 11.6. The van der Waals surface area contributed by atoms with Gasteiger partial charge < -0.3 is 9.64 Å². The third kappa shape index (κ3) is 3.57. The minimum absolute atomic E-state index is 0.00216. The van der Waals surface area contributed by atoms with Crippen molar-refractivity contribution in [1.82, 2.24) is 15.2 Å². The van der Waals surface area contributed by atoms with Gasteiger partial charge in [-0.05, 0) is 26.0 Å². The largest absolute Gasteiger partial charge is 0.484 e. The van der Waals surface area contributed by atoms with E-state index in [0.717, 1.165) is 0 Å². The fraction of sp³-hybridized carbons (Fsp3) is 0.357. The molecule has 1 heterocycles. The molecule has 0 radical (unpaired) electrons. The Morgan fingerprint density at radius 3 is 2.65 bits per heavy atom. The molecule has 0 aliphatic rings. The van der Waals surface area contributed by atoms with Crippen LogP contribution in [0.5, 0.6) is 5.75 Å². The standard InChI is InChI=1S/C14H17N3O3/c1-3-17(9-13-11(2)15-20-16-13)14(18)10-19-12-7-5-4-6-8-12/h4-8H,3,9-10H2,1-2H3. The highest BCUT2D eigenvalue weighted by Crippen LogP contribution is 2.10. The zero-order valence-corrected chi connectivity index (χ0v) is 11.6. The quantitative estimate of drug-likeness (QED) is 0.804. The van der Waals surface area contributed by atoms with Crippen LogP contribution in [0.25, 0.3) is 0 Å². The number of benzene rings is 1. The summed E-state index contributed by atoms with van der Waals surface area (Å²) in [5.41, 5.74) is 1.36. The van der Waals surface area contributed by atoms with Crippen LogP contribution in [0.3, 0.4) is 0 Å². The van der Waals surface area contributed by atoms with Crippen LogP contribution in [0.1, 0.15) is 18.3 Å². The molecule has 106 valence electrons. The normalized spacial score (nSPS) is 10.3.